The van der Waals surface area contributed by atoms with Crippen LogP contribution in [0.5, 0.6) is 0 Å². The van der Waals surface area contributed by atoms with E-state index in [1.807, 2.05) is 18.2 Å². The molecular weight excluding hydrogens is 415 g/mol. The lowest BCUT2D eigenvalue weighted by molar-refractivity contribution is -0.137. The highest BCUT2D eigenvalue weighted by atomic mass is 32.2. The number of hydrogen-bond acceptors (Lipinski definition) is 3. The third kappa shape index (κ3) is 3.32. The van der Waals surface area contributed by atoms with Crippen LogP contribution in [0.3, 0.4) is 0 Å². The first kappa shape index (κ1) is 20.3. The van der Waals surface area contributed by atoms with Gasteiger partial charge in [-0.25, -0.2) is 4.68 Å². The largest absolute Gasteiger partial charge is 0.416 e. The van der Waals surface area contributed by atoms with Crippen LogP contribution in [0.1, 0.15) is 22.2 Å². The van der Waals surface area contributed by atoms with Gasteiger partial charge in [-0.15, -0.1) is 11.8 Å². The van der Waals surface area contributed by atoms with E-state index in [1.165, 1.54) is 33.5 Å². The number of amides is 1. The molecule has 0 N–H and O–H groups in total. The fourth-order valence-corrected chi connectivity index (χ4v) is 4.74. The summed E-state index contributed by atoms with van der Waals surface area (Å²) < 4.78 is 41.8. The lowest BCUT2D eigenvalue weighted by atomic mass is 10.1. The van der Waals surface area contributed by atoms with Gasteiger partial charge in [-0.05, 0) is 36.8 Å². The summed E-state index contributed by atoms with van der Waals surface area (Å²) in [4.78, 5) is 27.4. The molecule has 0 spiro atoms. The molecule has 1 unspecified atom stereocenters. The maximum absolute atomic E-state index is 13.3. The molecule has 1 amide bonds. The maximum atomic E-state index is 13.3. The Labute approximate surface area is 174 Å². The zero-order valence-electron chi connectivity index (χ0n) is 16.2. The van der Waals surface area contributed by atoms with Gasteiger partial charge in [0.05, 0.1) is 22.7 Å². The minimum Gasteiger partial charge on any atom is -0.288 e. The average Bonchev–Trinajstić information content (AvgIpc) is 3.19. The van der Waals surface area contributed by atoms with Crippen LogP contribution in [0.4, 0.5) is 18.9 Å². The predicted octanol–water partition coefficient (Wildman–Crippen LogP) is 4.28. The first-order chi connectivity index (χ1) is 14.2. The second-order valence-electron chi connectivity index (χ2n) is 6.96. The van der Waals surface area contributed by atoms with Crippen LogP contribution in [0.15, 0.2) is 59.4 Å². The van der Waals surface area contributed by atoms with Crippen LogP contribution in [0, 0.1) is 6.92 Å². The van der Waals surface area contributed by atoms with E-state index in [9.17, 15) is 22.8 Å². The van der Waals surface area contributed by atoms with Crippen molar-refractivity contribution >= 4 is 23.4 Å². The van der Waals surface area contributed by atoms with Crippen molar-refractivity contribution in [1.29, 1.82) is 0 Å². The number of alkyl halides is 3. The smallest absolute Gasteiger partial charge is 0.288 e. The zero-order chi connectivity index (χ0) is 21.6. The Bertz CT molecular complexity index is 1150. The fraction of sp³-hybridized carbons (Fsp3) is 0.238. The summed E-state index contributed by atoms with van der Waals surface area (Å²) in [6.45, 7) is 1.75. The Hall–Kier alpha value is -2.94. The molecule has 1 fully saturated rings. The van der Waals surface area contributed by atoms with E-state index in [4.69, 9.17) is 0 Å². The van der Waals surface area contributed by atoms with Gasteiger partial charge in [-0.3, -0.25) is 19.2 Å². The summed E-state index contributed by atoms with van der Waals surface area (Å²) >= 11 is 1.29. The first-order valence-electron chi connectivity index (χ1n) is 9.15. The summed E-state index contributed by atoms with van der Waals surface area (Å²) in [6.07, 6.45) is -4.43. The first-order valence-corrected chi connectivity index (χ1v) is 10.2. The Morgan fingerprint density at radius 1 is 1.00 bits per heavy atom. The van der Waals surface area contributed by atoms with E-state index < -0.39 is 17.1 Å². The molecule has 156 valence electrons. The van der Waals surface area contributed by atoms with Crippen molar-refractivity contribution in [2.24, 2.45) is 7.05 Å². The number of carbonyl (C=O) groups excluding carboxylic acids is 1. The number of hydrogen-bond donors (Lipinski definition) is 0. The van der Waals surface area contributed by atoms with Crippen molar-refractivity contribution in [3.8, 4) is 5.69 Å². The molecule has 30 heavy (non-hydrogen) atoms. The monoisotopic (exact) mass is 433 g/mol. The molecular formula is C21H18F3N3O2S. The normalized spacial score (nSPS) is 17.0. The Kier molecular flexibility index (Phi) is 5.01. The van der Waals surface area contributed by atoms with Gasteiger partial charge in [0.15, 0.2) is 0 Å². The lowest BCUT2D eigenvalue weighted by Crippen LogP contribution is -2.33. The molecule has 1 atom stereocenters. The van der Waals surface area contributed by atoms with Gasteiger partial charge in [-0.2, -0.15) is 13.2 Å². The Balaban J connectivity index is 1.79. The summed E-state index contributed by atoms with van der Waals surface area (Å²) in [6, 6.07) is 13.8. The van der Waals surface area contributed by atoms with E-state index in [1.54, 1.807) is 30.8 Å². The number of aromatic nitrogens is 2. The van der Waals surface area contributed by atoms with Crippen LogP contribution in [0.25, 0.3) is 5.69 Å². The summed E-state index contributed by atoms with van der Waals surface area (Å²) in [5.41, 5.74) is 0.916. The van der Waals surface area contributed by atoms with E-state index in [0.717, 1.165) is 12.1 Å². The van der Waals surface area contributed by atoms with Gasteiger partial charge in [0.25, 0.3) is 5.56 Å². The summed E-state index contributed by atoms with van der Waals surface area (Å²) in [5, 5.41) is -0.571. The van der Waals surface area contributed by atoms with Crippen molar-refractivity contribution in [1.82, 2.24) is 9.36 Å². The molecule has 2 aromatic carbocycles. The van der Waals surface area contributed by atoms with Crippen LogP contribution in [0.2, 0.25) is 0 Å². The standard InChI is InChI=1S/C21H18F3N3O2S/c1-13-18(19(29)27(25(13)2)16-6-4-3-5-7-16)26-17(28)12-30-20(26)14-8-10-15(11-9-14)21(22,23)24/h3-11,20H,12H2,1-2H3. The number of anilines is 1. The second kappa shape index (κ2) is 7.39. The molecule has 0 saturated carbocycles. The third-order valence-electron chi connectivity index (χ3n) is 5.16. The SMILES string of the molecule is Cc1c(N2C(=O)CSC2c2ccc(C(F)(F)F)cc2)c(=O)n(-c2ccccc2)n1C. The minimum atomic E-state index is -4.43. The van der Waals surface area contributed by atoms with Crippen molar-refractivity contribution in [2.75, 3.05) is 10.7 Å². The molecule has 1 saturated heterocycles. The molecule has 3 aromatic rings. The van der Waals surface area contributed by atoms with E-state index >= 15 is 0 Å². The van der Waals surface area contributed by atoms with E-state index in [2.05, 4.69) is 0 Å². The van der Waals surface area contributed by atoms with Crippen molar-refractivity contribution < 1.29 is 18.0 Å². The molecule has 0 radical (unpaired) electrons. The van der Waals surface area contributed by atoms with Crippen LogP contribution in [-0.4, -0.2) is 21.0 Å². The van der Waals surface area contributed by atoms with Crippen LogP contribution in [-0.2, 0) is 18.0 Å². The number of rotatable bonds is 3. The molecule has 9 heteroatoms. The van der Waals surface area contributed by atoms with Gasteiger partial charge < -0.3 is 0 Å². The van der Waals surface area contributed by atoms with Gasteiger partial charge >= 0.3 is 6.18 Å². The van der Waals surface area contributed by atoms with Gasteiger partial charge in [0.1, 0.15) is 11.1 Å². The quantitative estimate of drug-likeness (QED) is 0.620. The number of carbonyl (C=O) groups is 1. The van der Waals surface area contributed by atoms with Crippen molar-refractivity contribution in [3.05, 3.63) is 81.8 Å². The molecule has 1 aliphatic rings. The van der Waals surface area contributed by atoms with Gasteiger partial charge in [0.2, 0.25) is 5.91 Å². The van der Waals surface area contributed by atoms with Crippen molar-refractivity contribution in [2.45, 2.75) is 18.5 Å². The molecule has 2 heterocycles. The molecule has 5 nitrogen and oxygen atoms in total. The number of benzene rings is 2. The maximum Gasteiger partial charge on any atom is 0.416 e. The summed E-state index contributed by atoms with van der Waals surface area (Å²) in [7, 11) is 1.73. The Morgan fingerprint density at radius 3 is 2.23 bits per heavy atom. The average molecular weight is 433 g/mol. The highest BCUT2D eigenvalue weighted by Gasteiger charge is 2.39. The third-order valence-corrected chi connectivity index (χ3v) is 6.37. The fourth-order valence-electron chi connectivity index (χ4n) is 3.58. The van der Waals surface area contributed by atoms with Gasteiger partial charge in [-0.1, -0.05) is 30.3 Å². The molecule has 0 bridgehead atoms. The number of para-hydroxylation sites is 1. The highest BCUT2D eigenvalue weighted by Crippen LogP contribution is 2.42. The van der Waals surface area contributed by atoms with Crippen molar-refractivity contribution in [3.63, 3.8) is 0 Å². The van der Waals surface area contributed by atoms with E-state index in [-0.39, 0.29) is 22.9 Å². The predicted molar refractivity (Wildman–Crippen MR) is 110 cm³/mol. The molecule has 1 aliphatic heterocycles. The lowest BCUT2D eigenvalue weighted by Gasteiger charge is -2.23. The number of nitrogens with zero attached hydrogens (tertiary/aromatic N) is 3. The summed E-state index contributed by atoms with van der Waals surface area (Å²) in [5.74, 6) is -0.110. The van der Waals surface area contributed by atoms with Gasteiger partial charge in [0, 0.05) is 7.05 Å². The zero-order valence-corrected chi connectivity index (χ0v) is 17.0. The number of thioether (sulfide) groups is 1. The number of halogens is 3. The van der Waals surface area contributed by atoms with Crippen LogP contribution >= 0.6 is 11.8 Å². The highest BCUT2D eigenvalue weighted by molar-refractivity contribution is 8.00. The molecule has 4 rings (SSSR count). The minimum absolute atomic E-state index is 0.144. The molecule has 1 aromatic heterocycles. The van der Waals surface area contributed by atoms with Crippen LogP contribution < -0.4 is 10.5 Å². The topological polar surface area (TPSA) is 47.2 Å². The Morgan fingerprint density at radius 2 is 1.63 bits per heavy atom. The second-order valence-corrected chi connectivity index (χ2v) is 8.03. The van der Waals surface area contributed by atoms with E-state index in [0.29, 0.717) is 16.9 Å². The molecule has 0 aliphatic carbocycles.